The Hall–Kier alpha value is -0.610. The van der Waals surface area contributed by atoms with E-state index in [-0.39, 0.29) is 5.92 Å². The fourth-order valence-corrected chi connectivity index (χ4v) is 2.46. The van der Waals surface area contributed by atoms with Gasteiger partial charge in [-0.1, -0.05) is 0 Å². The topological polar surface area (TPSA) is 35.6 Å². The largest absolute Gasteiger partial charge is 0.337 e. The highest BCUT2D eigenvalue weighted by Crippen LogP contribution is 2.19. The molecule has 1 atom stereocenters. The molecule has 0 aromatic rings. The van der Waals surface area contributed by atoms with Crippen molar-refractivity contribution in [3.8, 4) is 0 Å². The molecule has 4 heteroatoms. The van der Waals surface area contributed by atoms with Gasteiger partial charge < -0.3 is 15.1 Å². The van der Waals surface area contributed by atoms with E-state index in [1.807, 2.05) is 0 Å². The number of amides is 1. The summed E-state index contributed by atoms with van der Waals surface area (Å²) in [6.45, 7) is 6.89. The summed E-state index contributed by atoms with van der Waals surface area (Å²) in [6.07, 6.45) is 1.03. The van der Waals surface area contributed by atoms with Crippen LogP contribution in [0.3, 0.4) is 0 Å². The Kier molecular flexibility index (Phi) is 3.26. The third-order valence-corrected chi connectivity index (χ3v) is 3.57. The van der Waals surface area contributed by atoms with Crippen LogP contribution in [0.25, 0.3) is 0 Å². The van der Waals surface area contributed by atoms with Crippen molar-refractivity contribution >= 4 is 5.91 Å². The molecule has 1 N–H and O–H groups in total. The average molecular weight is 211 g/mol. The van der Waals surface area contributed by atoms with Crippen molar-refractivity contribution in [3.63, 3.8) is 0 Å². The number of rotatable bonds is 3. The number of hydrogen-bond acceptors (Lipinski definition) is 3. The van der Waals surface area contributed by atoms with Crippen LogP contribution >= 0.6 is 0 Å². The maximum atomic E-state index is 12.2. The Morgan fingerprint density at radius 3 is 2.67 bits per heavy atom. The summed E-state index contributed by atoms with van der Waals surface area (Å²) in [5.74, 6) is 0.615. The lowest BCUT2D eigenvalue weighted by atomic mass is 10.0. The maximum Gasteiger partial charge on any atom is 0.227 e. The first-order chi connectivity index (χ1) is 7.22. The van der Waals surface area contributed by atoms with Crippen LogP contribution in [0.2, 0.25) is 0 Å². The minimum Gasteiger partial charge on any atom is -0.337 e. The summed E-state index contributed by atoms with van der Waals surface area (Å²) in [5, 5.41) is 3.23. The van der Waals surface area contributed by atoms with Crippen LogP contribution < -0.4 is 5.32 Å². The molecule has 2 saturated heterocycles. The van der Waals surface area contributed by atoms with Crippen molar-refractivity contribution < 1.29 is 4.79 Å². The summed E-state index contributed by atoms with van der Waals surface area (Å²) in [4.78, 5) is 16.5. The van der Waals surface area contributed by atoms with Gasteiger partial charge in [0.25, 0.3) is 0 Å². The molecule has 0 bridgehead atoms. The van der Waals surface area contributed by atoms with Crippen LogP contribution in [0.5, 0.6) is 0 Å². The summed E-state index contributed by atoms with van der Waals surface area (Å²) < 4.78 is 0. The zero-order chi connectivity index (χ0) is 10.8. The van der Waals surface area contributed by atoms with Crippen LogP contribution in [0.1, 0.15) is 13.3 Å². The van der Waals surface area contributed by atoms with E-state index in [1.165, 1.54) is 0 Å². The van der Waals surface area contributed by atoms with Gasteiger partial charge in [0.05, 0.1) is 12.0 Å². The van der Waals surface area contributed by atoms with Gasteiger partial charge >= 0.3 is 0 Å². The maximum absolute atomic E-state index is 12.2. The molecule has 4 nitrogen and oxygen atoms in total. The predicted molar refractivity (Wildman–Crippen MR) is 59.6 cm³/mol. The fourth-order valence-electron chi connectivity index (χ4n) is 2.46. The van der Waals surface area contributed by atoms with Crippen molar-refractivity contribution in [2.24, 2.45) is 5.92 Å². The van der Waals surface area contributed by atoms with Crippen LogP contribution in [0, 0.1) is 5.92 Å². The van der Waals surface area contributed by atoms with Gasteiger partial charge in [-0.2, -0.15) is 0 Å². The third-order valence-electron chi connectivity index (χ3n) is 3.57. The van der Waals surface area contributed by atoms with Gasteiger partial charge in [-0.15, -0.1) is 0 Å². The van der Waals surface area contributed by atoms with Crippen molar-refractivity contribution in [3.05, 3.63) is 0 Å². The third kappa shape index (κ3) is 2.16. The molecule has 0 radical (unpaired) electrons. The highest BCUT2D eigenvalue weighted by molar-refractivity contribution is 5.79. The van der Waals surface area contributed by atoms with Gasteiger partial charge in [0, 0.05) is 26.2 Å². The molecule has 86 valence electrons. The second-order valence-corrected chi connectivity index (χ2v) is 4.68. The normalized spacial score (nSPS) is 27.7. The lowest BCUT2D eigenvalue weighted by molar-refractivity contribution is -0.138. The zero-order valence-electron chi connectivity index (χ0n) is 9.70. The number of carbonyl (C=O) groups is 1. The molecule has 0 saturated carbocycles. The number of likely N-dealkylation sites (tertiary alicyclic amines) is 1. The second-order valence-electron chi connectivity index (χ2n) is 4.68. The van der Waals surface area contributed by atoms with Gasteiger partial charge in [-0.3, -0.25) is 4.79 Å². The fraction of sp³-hybridized carbons (Fsp3) is 0.909. The highest BCUT2D eigenvalue weighted by Gasteiger charge is 2.34. The standard InChI is InChI=1S/C11H21N3O/c1-3-14(10-6-12-7-10)11(15)9-4-5-13(2)8-9/h9-10,12H,3-8H2,1-2H3. The Morgan fingerprint density at radius 1 is 1.53 bits per heavy atom. The zero-order valence-corrected chi connectivity index (χ0v) is 9.70. The van der Waals surface area contributed by atoms with Crippen molar-refractivity contribution in [2.45, 2.75) is 19.4 Å². The smallest absolute Gasteiger partial charge is 0.227 e. The number of likely N-dealkylation sites (N-methyl/N-ethyl adjacent to an activating group) is 1. The molecular weight excluding hydrogens is 190 g/mol. The summed E-state index contributed by atoms with van der Waals surface area (Å²) >= 11 is 0. The molecule has 0 aliphatic carbocycles. The molecule has 2 aliphatic heterocycles. The minimum absolute atomic E-state index is 0.246. The Labute approximate surface area is 91.6 Å². The van der Waals surface area contributed by atoms with E-state index < -0.39 is 0 Å². The van der Waals surface area contributed by atoms with Gasteiger partial charge in [0.2, 0.25) is 5.91 Å². The SMILES string of the molecule is CCN(C(=O)C1CCN(C)C1)C1CNC1. The Bertz CT molecular complexity index is 240. The van der Waals surface area contributed by atoms with Crippen LogP contribution in [-0.4, -0.2) is 61.5 Å². The lowest BCUT2D eigenvalue weighted by Gasteiger charge is -2.38. The van der Waals surface area contributed by atoms with E-state index in [4.69, 9.17) is 0 Å². The van der Waals surface area contributed by atoms with Gasteiger partial charge in [0.1, 0.15) is 0 Å². The van der Waals surface area contributed by atoms with Gasteiger partial charge in [-0.25, -0.2) is 0 Å². The second kappa shape index (κ2) is 4.49. The molecule has 2 rings (SSSR count). The molecule has 0 aromatic heterocycles. The number of hydrogen-bond donors (Lipinski definition) is 1. The quantitative estimate of drug-likeness (QED) is 0.700. The molecule has 2 aliphatic rings. The van der Waals surface area contributed by atoms with Crippen molar-refractivity contribution in [1.82, 2.24) is 15.1 Å². The first kappa shape index (κ1) is 10.9. The average Bonchev–Trinajstić information content (AvgIpc) is 2.57. The van der Waals surface area contributed by atoms with E-state index >= 15 is 0 Å². The van der Waals surface area contributed by atoms with E-state index in [9.17, 15) is 4.79 Å². The predicted octanol–water partition coefficient (Wildman–Crippen LogP) is -0.242. The van der Waals surface area contributed by atoms with E-state index in [0.717, 1.165) is 39.1 Å². The first-order valence-corrected chi connectivity index (χ1v) is 5.92. The molecule has 0 spiro atoms. The molecule has 15 heavy (non-hydrogen) atoms. The van der Waals surface area contributed by atoms with Crippen LogP contribution in [0.15, 0.2) is 0 Å². The summed E-state index contributed by atoms with van der Waals surface area (Å²) in [7, 11) is 2.09. The Morgan fingerprint density at radius 2 is 2.27 bits per heavy atom. The lowest BCUT2D eigenvalue weighted by Crippen LogP contribution is -2.59. The molecule has 1 unspecified atom stereocenters. The number of nitrogens with zero attached hydrogens (tertiary/aromatic N) is 2. The van der Waals surface area contributed by atoms with E-state index in [2.05, 4.69) is 29.1 Å². The summed E-state index contributed by atoms with van der Waals surface area (Å²) in [5.41, 5.74) is 0. The Balaban J connectivity index is 1.92. The molecule has 2 heterocycles. The molecular formula is C11H21N3O. The van der Waals surface area contributed by atoms with Crippen molar-refractivity contribution in [2.75, 3.05) is 39.8 Å². The first-order valence-electron chi connectivity index (χ1n) is 5.92. The minimum atomic E-state index is 0.246. The highest BCUT2D eigenvalue weighted by atomic mass is 16.2. The monoisotopic (exact) mass is 211 g/mol. The van der Waals surface area contributed by atoms with E-state index in [0.29, 0.717) is 11.9 Å². The van der Waals surface area contributed by atoms with Crippen LogP contribution in [-0.2, 0) is 4.79 Å². The number of nitrogens with one attached hydrogen (secondary N) is 1. The molecule has 2 fully saturated rings. The molecule has 1 amide bonds. The van der Waals surface area contributed by atoms with Gasteiger partial charge in [0.15, 0.2) is 0 Å². The van der Waals surface area contributed by atoms with Gasteiger partial charge in [-0.05, 0) is 26.9 Å². The summed E-state index contributed by atoms with van der Waals surface area (Å²) in [6, 6.07) is 0.452. The van der Waals surface area contributed by atoms with E-state index in [1.54, 1.807) is 0 Å². The number of carbonyl (C=O) groups excluding carboxylic acids is 1. The molecule has 0 aromatic carbocycles. The van der Waals surface area contributed by atoms with Crippen LogP contribution in [0.4, 0.5) is 0 Å². The van der Waals surface area contributed by atoms with Crippen molar-refractivity contribution in [1.29, 1.82) is 0 Å².